The van der Waals surface area contributed by atoms with Crippen LogP contribution in [0, 0.1) is 5.82 Å². The number of halogens is 1. The molecule has 1 aromatic rings. The molecule has 20 heavy (non-hydrogen) atoms. The minimum Gasteiger partial charge on any atom is -0.314 e. The maximum atomic E-state index is 12.9. The van der Waals surface area contributed by atoms with Crippen molar-refractivity contribution in [2.75, 3.05) is 26.2 Å². The van der Waals surface area contributed by atoms with Gasteiger partial charge in [0.15, 0.2) is 0 Å². The van der Waals surface area contributed by atoms with Gasteiger partial charge in [-0.05, 0) is 69.1 Å². The SMILES string of the molecule is CCN(CC)CCCNC1CC(c2ccc(F)cc2)C1. The van der Waals surface area contributed by atoms with Crippen LogP contribution in [0.25, 0.3) is 0 Å². The molecular weight excluding hydrogens is 251 g/mol. The van der Waals surface area contributed by atoms with E-state index in [0.29, 0.717) is 12.0 Å². The number of hydrogen-bond donors (Lipinski definition) is 1. The molecule has 2 nitrogen and oxygen atoms in total. The minimum absolute atomic E-state index is 0.140. The monoisotopic (exact) mass is 278 g/mol. The normalized spacial score (nSPS) is 22.0. The van der Waals surface area contributed by atoms with Crippen LogP contribution in [0.3, 0.4) is 0 Å². The third-order valence-corrected chi connectivity index (χ3v) is 4.46. The quantitative estimate of drug-likeness (QED) is 0.733. The number of benzene rings is 1. The van der Waals surface area contributed by atoms with E-state index in [1.165, 1.54) is 31.4 Å². The maximum Gasteiger partial charge on any atom is 0.123 e. The number of hydrogen-bond acceptors (Lipinski definition) is 2. The number of rotatable bonds is 8. The first-order chi connectivity index (χ1) is 9.72. The fourth-order valence-electron chi connectivity index (χ4n) is 2.94. The summed E-state index contributed by atoms with van der Waals surface area (Å²) in [5.41, 5.74) is 1.28. The highest BCUT2D eigenvalue weighted by Gasteiger charge is 2.29. The van der Waals surface area contributed by atoms with Crippen molar-refractivity contribution in [2.24, 2.45) is 0 Å². The standard InChI is InChI=1S/C17H27FN2/c1-3-20(4-2)11-5-10-19-17-12-15(13-17)14-6-8-16(18)9-7-14/h6-9,15,17,19H,3-5,10-13H2,1-2H3. The van der Waals surface area contributed by atoms with Gasteiger partial charge in [0.25, 0.3) is 0 Å². The third-order valence-electron chi connectivity index (χ3n) is 4.46. The predicted molar refractivity (Wildman–Crippen MR) is 82.6 cm³/mol. The summed E-state index contributed by atoms with van der Waals surface area (Å²) in [6, 6.07) is 7.65. The molecule has 0 bridgehead atoms. The van der Waals surface area contributed by atoms with Crippen LogP contribution in [0.1, 0.15) is 44.6 Å². The molecule has 0 aliphatic heterocycles. The summed E-state index contributed by atoms with van der Waals surface area (Å²) in [6.07, 6.45) is 3.60. The highest BCUT2D eigenvalue weighted by Crippen LogP contribution is 2.36. The van der Waals surface area contributed by atoms with E-state index in [1.54, 1.807) is 12.1 Å². The molecule has 0 radical (unpaired) electrons. The summed E-state index contributed by atoms with van der Waals surface area (Å²) in [5, 5.41) is 3.63. The zero-order valence-electron chi connectivity index (χ0n) is 12.7. The van der Waals surface area contributed by atoms with Crippen molar-refractivity contribution >= 4 is 0 Å². The Morgan fingerprint density at radius 3 is 2.40 bits per heavy atom. The molecule has 1 saturated carbocycles. The fraction of sp³-hybridized carbons (Fsp3) is 0.647. The Labute approximate surface area is 122 Å². The molecule has 0 spiro atoms. The second kappa shape index (κ2) is 7.75. The van der Waals surface area contributed by atoms with Crippen LogP contribution >= 0.6 is 0 Å². The van der Waals surface area contributed by atoms with Crippen LogP contribution in [0.2, 0.25) is 0 Å². The molecule has 1 aliphatic carbocycles. The van der Waals surface area contributed by atoms with Crippen molar-refractivity contribution in [1.29, 1.82) is 0 Å². The van der Waals surface area contributed by atoms with Gasteiger partial charge >= 0.3 is 0 Å². The van der Waals surface area contributed by atoms with E-state index in [4.69, 9.17) is 0 Å². The molecule has 0 heterocycles. The van der Waals surface area contributed by atoms with E-state index < -0.39 is 0 Å². The van der Waals surface area contributed by atoms with Gasteiger partial charge in [-0.1, -0.05) is 26.0 Å². The van der Waals surface area contributed by atoms with E-state index in [9.17, 15) is 4.39 Å². The van der Waals surface area contributed by atoms with Gasteiger partial charge in [0.05, 0.1) is 0 Å². The van der Waals surface area contributed by atoms with Crippen LogP contribution in [-0.4, -0.2) is 37.1 Å². The molecule has 1 aromatic carbocycles. The van der Waals surface area contributed by atoms with Gasteiger partial charge in [-0.25, -0.2) is 4.39 Å². The van der Waals surface area contributed by atoms with Gasteiger partial charge in [0.2, 0.25) is 0 Å². The van der Waals surface area contributed by atoms with Gasteiger partial charge in [-0.3, -0.25) is 0 Å². The molecule has 0 aromatic heterocycles. The molecular formula is C17H27FN2. The second-order valence-electron chi connectivity index (χ2n) is 5.75. The molecule has 2 rings (SSSR count). The average molecular weight is 278 g/mol. The van der Waals surface area contributed by atoms with E-state index in [0.717, 1.165) is 19.6 Å². The van der Waals surface area contributed by atoms with E-state index in [2.05, 4.69) is 24.1 Å². The molecule has 1 fully saturated rings. The van der Waals surface area contributed by atoms with Crippen molar-refractivity contribution in [3.8, 4) is 0 Å². The van der Waals surface area contributed by atoms with E-state index in [1.807, 2.05) is 12.1 Å². The molecule has 0 atom stereocenters. The number of nitrogens with zero attached hydrogens (tertiary/aromatic N) is 1. The molecule has 1 aliphatic rings. The summed E-state index contributed by atoms with van der Waals surface area (Å²) in [6.45, 7) is 9.02. The van der Waals surface area contributed by atoms with Gasteiger partial charge in [-0.2, -0.15) is 0 Å². The van der Waals surface area contributed by atoms with E-state index >= 15 is 0 Å². The highest BCUT2D eigenvalue weighted by molar-refractivity contribution is 5.23. The lowest BCUT2D eigenvalue weighted by molar-refractivity contribution is 0.268. The lowest BCUT2D eigenvalue weighted by atomic mass is 9.76. The fourth-order valence-corrected chi connectivity index (χ4v) is 2.94. The Kier molecular flexibility index (Phi) is 5.99. The first kappa shape index (κ1) is 15.5. The van der Waals surface area contributed by atoms with E-state index in [-0.39, 0.29) is 5.82 Å². The summed E-state index contributed by atoms with van der Waals surface area (Å²) in [5.74, 6) is 0.482. The van der Waals surface area contributed by atoms with Gasteiger partial charge in [0, 0.05) is 6.04 Å². The Morgan fingerprint density at radius 2 is 1.80 bits per heavy atom. The Bertz CT molecular complexity index is 380. The molecule has 1 N–H and O–H groups in total. The largest absolute Gasteiger partial charge is 0.314 e. The average Bonchev–Trinajstić information content (AvgIpc) is 2.42. The van der Waals surface area contributed by atoms with Gasteiger partial charge in [-0.15, -0.1) is 0 Å². The van der Waals surface area contributed by atoms with Crippen LogP contribution < -0.4 is 5.32 Å². The van der Waals surface area contributed by atoms with Crippen LogP contribution in [0.5, 0.6) is 0 Å². The van der Waals surface area contributed by atoms with Gasteiger partial charge < -0.3 is 10.2 Å². The summed E-state index contributed by atoms with van der Waals surface area (Å²) in [4.78, 5) is 2.46. The molecule has 3 heteroatoms. The topological polar surface area (TPSA) is 15.3 Å². The van der Waals surface area contributed by atoms with Crippen molar-refractivity contribution in [3.05, 3.63) is 35.6 Å². The molecule has 0 unspecified atom stereocenters. The summed E-state index contributed by atoms with van der Waals surface area (Å²) < 4.78 is 12.9. The zero-order chi connectivity index (χ0) is 14.4. The first-order valence-electron chi connectivity index (χ1n) is 7.94. The van der Waals surface area contributed by atoms with Crippen LogP contribution in [-0.2, 0) is 0 Å². The zero-order valence-corrected chi connectivity index (χ0v) is 12.7. The van der Waals surface area contributed by atoms with Crippen molar-refractivity contribution in [1.82, 2.24) is 10.2 Å². The van der Waals surface area contributed by atoms with Gasteiger partial charge in [0.1, 0.15) is 5.82 Å². The third kappa shape index (κ3) is 4.29. The van der Waals surface area contributed by atoms with Crippen molar-refractivity contribution in [3.63, 3.8) is 0 Å². The first-order valence-corrected chi connectivity index (χ1v) is 7.94. The predicted octanol–water partition coefficient (Wildman–Crippen LogP) is 3.39. The maximum absolute atomic E-state index is 12.9. The summed E-state index contributed by atoms with van der Waals surface area (Å²) in [7, 11) is 0. The van der Waals surface area contributed by atoms with Crippen LogP contribution in [0.15, 0.2) is 24.3 Å². The Morgan fingerprint density at radius 1 is 1.15 bits per heavy atom. The second-order valence-corrected chi connectivity index (χ2v) is 5.75. The molecule has 0 amide bonds. The summed E-state index contributed by atoms with van der Waals surface area (Å²) >= 11 is 0. The molecule has 112 valence electrons. The minimum atomic E-state index is -0.140. The Balaban J connectivity index is 1.59. The smallest absolute Gasteiger partial charge is 0.123 e. The lowest BCUT2D eigenvalue weighted by Crippen LogP contribution is -2.41. The molecule has 0 saturated heterocycles. The lowest BCUT2D eigenvalue weighted by Gasteiger charge is -2.36. The Hall–Kier alpha value is -0.930. The van der Waals surface area contributed by atoms with Crippen molar-refractivity contribution in [2.45, 2.75) is 45.1 Å². The number of nitrogens with one attached hydrogen (secondary N) is 1. The van der Waals surface area contributed by atoms with Crippen molar-refractivity contribution < 1.29 is 4.39 Å². The van der Waals surface area contributed by atoms with Crippen LogP contribution in [0.4, 0.5) is 4.39 Å². The highest BCUT2D eigenvalue weighted by atomic mass is 19.1.